The summed E-state index contributed by atoms with van der Waals surface area (Å²) in [5.74, 6) is 0.796. The molecule has 208 valence electrons. The molecule has 2 aromatic heterocycles. The number of fused-ring (bicyclic) bond motifs is 3. The second-order valence-corrected chi connectivity index (χ2v) is 11.5. The molecule has 3 unspecified atom stereocenters. The maximum Gasteiger partial charge on any atom is 0.339 e. The fourth-order valence-electron chi connectivity index (χ4n) is 6.43. The highest BCUT2D eigenvalue weighted by Crippen LogP contribution is 2.44. The largest absolute Gasteiger partial charge is 0.467 e. The topological polar surface area (TPSA) is 69.0 Å². The second-order valence-electron chi connectivity index (χ2n) is 11.5. The molecule has 0 saturated carbocycles. The molecule has 2 aromatic carbocycles. The summed E-state index contributed by atoms with van der Waals surface area (Å²) in [6.07, 6.45) is 4.94. The SMILES string of the molecule is COC(=O)C(OCC(C)C)c1c(C)nc2cc(-c3cccc(-c4ccccc4)c3)nn2c1N1C2CCCC1CC2. The maximum absolute atomic E-state index is 13.2. The average Bonchev–Trinajstić information content (AvgIpc) is 3.49. The summed E-state index contributed by atoms with van der Waals surface area (Å²) >= 11 is 0. The number of rotatable bonds is 8. The lowest BCUT2D eigenvalue weighted by atomic mass is 10.00. The Morgan fingerprint density at radius 3 is 2.35 bits per heavy atom. The molecule has 7 nitrogen and oxygen atoms in total. The number of hydrogen-bond donors (Lipinski definition) is 0. The monoisotopic (exact) mass is 538 g/mol. The number of carbonyl (C=O) groups is 1. The molecule has 3 atom stereocenters. The van der Waals surface area contributed by atoms with Gasteiger partial charge in [-0.05, 0) is 62.1 Å². The van der Waals surface area contributed by atoms with Gasteiger partial charge in [0, 0.05) is 29.4 Å². The highest BCUT2D eigenvalue weighted by atomic mass is 16.6. The Labute approximate surface area is 236 Å². The van der Waals surface area contributed by atoms with Gasteiger partial charge in [0.05, 0.1) is 25.0 Å². The molecule has 4 aromatic rings. The molecule has 7 heteroatoms. The van der Waals surface area contributed by atoms with Crippen LogP contribution < -0.4 is 4.90 Å². The highest BCUT2D eigenvalue weighted by Gasteiger charge is 2.42. The lowest BCUT2D eigenvalue weighted by Gasteiger charge is -2.38. The third-order valence-corrected chi connectivity index (χ3v) is 8.28. The minimum Gasteiger partial charge on any atom is -0.467 e. The summed E-state index contributed by atoms with van der Waals surface area (Å²) in [5, 5.41) is 5.16. The smallest absolute Gasteiger partial charge is 0.339 e. The summed E-state index contributed by atoms with van der Waals surface area (Å²) in [6.45, 7) is 6.58. The Kier molecular flexibility index (Phi) is 7.32. The quantitative estimate of drug-likeness (QED) is 0.230. The van der Waals surface area contributed by atoms with Gasteiger partial charge in [-0.3, -0.25) is 0 Å². The molecule has 6 rings (SSSR count). The number of ether oxygens (including phenoxy) is 2. The Hall–Kier alpha value is -3.71. The molecule has 2 bridgehead atoms. The van der Waals surface area contributed by atoms with Crippen molar-refractivity contribution in [3.63, 3.8) is 0 Å². The molecule has 0 spiro atoms. The molecule has 0 amide bonds. The van der Waals surface area contributed by atoms with Crippen LogP contribution in [-0.2, 0) is 14.3 Å². The number of anilines is 1. The van der Waals surface area contributed by atoms with E-state index in [0.717, 1.165) is 70.8 Å². The number of esters is 1. The summed E-state index contributed by atoms with van der Waals surface area (Å²) in [7, 11) is 1.42. The first-order valence-electron chi connectivity index (χ1n) is 14.5. The van der Waals surface area contributed by atoms with E-state index in [1.54, 1.807) is 0 Å². The molecule has 40 heavy (non-hydrogen) atoms. The van der Waals surface area contributed by atoms with Crippen LogP contribution in [-0.4, -0.2) is 46.4 Å². The van der Waals surface area contributed by atoms with Crippen LogP contribution in [0.4, 0.5) is 5.82 Å². The number of methoxy groups -OCH3 is 1. The average molecular weight is 539 g/mol. The molecule has 2 fully saturated rings. The van der Waals surface area contributed by atoms with Gasteiger partial charge in [-0.1, -0.05) is 62.4 Å². The van der Waals surface area contributed by atoms with Crippen LogP contribution in [0.2, 0.25) is 0 Å². The molecular weight excluding hydrogens is 500 g/mol. The Bertz CT molecular complexity index is 1500. The first-order chi connectivity index (χ1) is 19.4. The third kappa shape index (κ3) is 4.87. The maximum atomic E-state index is 13.2. The summed E-state index contributed by atoms with van der Waals surface area (Å²) in [6, 6.07) is 21.7. The standard InChI is InChI=1S/C33H38N4O3/c1-21(2)20-40-31(33(38)39-4)30-22(3)34-29-19-28(25-13-8-12-24(18-25)23-10-6-5-7-11-23)35-37(29)32(30)36-26-14-9-15-27(36)17-16-26/h5-8,10-13,18-19,21,26-27,31H,9,14-17,20H2,1-4H3. The van der Waals surface area contributed by atoms with Crippen LogP contribution in [0.3, 0.4) is 0 Å². The third-order valence-electron chi connectivity index (χ3n) is 8.28. The molecule has 2 aliphatic heterocycles. The van der Waals surface area contributed by atoms with Crippen LogP contribution in [0.1, 0.15) is 63.3 Å². The highest BCUT2D eigenvalue weighted by molar-refractivity contribution is 5.81. The first kappa shape index (κ1) is 26.5. The van der Waals surface area contributed by atoms with Crippen LogP contribution in [0.25, 0.3) is 28.0 Å². The second kappa shape index (κ2) is 11.0. The number of carbonyl (C=O) groups excluding carboxylic acids is 1. The van der Waals surface area contributed by atoms with E-state index >= 15 is 0 Å². The zero-order chi connectivity index (χ0) is 27.8. The van der Waals surface area contributed by atoms with E-state index in [1.807, 2.05) is 17.5 Å². The van der Waals surface area contributed by atoms with Crippen molar-refractivity contribution < 1.29 is 14.3 Å². The van der Waals surface area contributed by atoms with Gasteiger partial charge >= 0.3 is 5.97 Å². The molecule has 4 heterocycles. The Morgan fingerprint density at radius 1 is 0.950 bits per heavy atom. The van der Waals surface area contributed by atoms with Crippen LogP contribution in [0, 0.1) is 12.8 Å². The first-order valence-corrected chi connectivity index (χ1v) is 14.5. The number of aromatic nitrogens is 3. The normalized spacial score (nSPS) is 19.4. The van der Waals surface area contributed by atoms with Crippen molar-refractivity contribution in [3.8, 4) is 22.4 Å². The fourth-order valence-corrected chi connectivity index (χ4v) is 6.43. The van der Waals surface area contributed by atoms with Crippen molar-refractivity contribution in [2.24, 2.45) is 5.92 Å². The number of aryl methyl sites for hydroxylation is 1. The Balaban J connectivity index is 1.53. The number of hydrogen-bond acceptors (Lipinski definition) is 6. The molecule has 0 aliphatic carbocycles. The van der Waals surface area contributed by atoms with Crippen LogP contribution >= 0.6 is 0 Å². The van der Waals surface area contributed by atoms with Crippen molar-refractivity contribution in [3.05, 3.63) is 71.9 Å². The number of piperidine rings is 1. The van der Waals surface area contributed by atoms with Crippen molar-refractivity contribution in [2.45, 2.75) is 71.1 Å². The van der Waals surface area contributed by atoms with Crippen molar-refractivity contribution in [2.75, 3.05) is 18.6 Å². The van der Waals surface area contributed by atoms with E-state index < -0.39 is 12.1 Å². The molecule has 2 saturated heterocycles. The number of benzene rings is 2. The zero-order valence-corrected chi connectivity index (χ0v) is 23.8. The van der Waals surface area contributed by atoms with E-state index in [2.05, 4.69) is 73.3 Å². The molecule has 2 aliphatic rings. The van der Waals surface area contributed by atoms with Gasteiger partial charge in [0.2, 0.25) is 0 Å². The fraction of sp³-hybridized carbons (Fsp3) is 0.424. The minimum absolute atomic E-state index is 0.270. The van der Waals surface area contributed by atoms with Crippen LogP contribution in [0.15, 0.2) is 60.7 Å². The van der Waals surface area contributed by atoms with E-state index in [4.69, 9.17) is 19.6 Å². The predicted molar refractivity (Wildman–Crippen MR) is 157 cm³/mol. The van der Waals surface area contributed by atoms with Gasteiger partial charge in [0.25, 0.3) is 0 Å². The number of nitrogens with zero attached hydrogens (tertiary/aromatic N) is 4. The molecule has 0 radical (unpaired) electrons. The summed E-state index contributed by atoms with van der Waals surface area (Å²) in [4.78, 5) is 20.7. The van der Waals surface area contributed by atoms with Gasteiger partial charge in [-0.25, -0.2) is 9.78 Å². The van der Waals surface area contributed by atoms with E-state index in [1.165, 1.54) is 13.5 Å². The lowest BCUT2D eigenvalue weighted by molar-refractivity contribution is -0.155. The van der Waals surface area contributed by atoms with Gasteiger partial charge in [0.15, 0.2) is 11.8 Å². The van der Waals surface area contributed by atoms with Gasteiger partial charge in [-0.15, -0.1) is 0 Å². The van der Waals surface area contributed by atoms with E-state index in [9.17, 15) is 4.79 Å². The van der Waals surface area contributed by atoms with Crippen molar-refractivity contribution in [1.82, 2.24) is 14.6 Å². The lowest BCUT2D eigenvalue weighted by Crippen LogP contribution is -2.42. The molecule has 0 N–H and O–H groups in total. The van der Waals surface area contributed by atoms with Crippen LogP contribution in [0.5, 0.6) is 0 Å². The van der Waals surface area contributed by atoms with Crippen molar-refractivity contribution in [1.29, 1.82) is 0 Å². The van der Waals surface area contributed by atoms with Gasteiger partial charge in [-0.2, -0.15) is 9.61 Å². The predicted octanol–water partition coefficient (Wildman–Crippen LogP) is 6.78. The summed E-state index contributed by atoms with van der Waals surface area (Å²) in [5.41, 5.74) is 6.50. The van der Waals surface area contributed by atoms with Gasteiger partial charge < -0.3 is 14.4 Å². The zero-order valence-electron chi connectivity index (χ0n) is 23.8. The Morgan fingerprint density at radius 2 is 1.65 bits per heavy atom. The minimum atomic E-state index is -0.866. The summed E-state index contributed by atoms with van der Waals surface area (Å²) < 4.78 is 13.5. The van der Waals surface area contributed by atoms with Gasteiger partial charge in [0.1, 0.15) is 5.82 Å². The van der Waals surface area contributed by atoms with E-state index in [0.29, 0.717) is 18.7 Å². The van der Waals surface area contributed by atoms with E-state index in [-0.39, 0.29) is 5.92 Å². The van der Waals surface area contributed by atoms with Crippen molar-refractivity contribution >= 4 is 17.4 Å². The molecular formula is C33H38N4O3.